The lowest BCUT2D eigenvalue weighted by molar-refractivity contribution is 0.657. The lowest BCUT2D eigenvalue weighted by Crippen LogP contribution is -1.88. The standard InChI is InChI=1S/C46H26N2O2/c47-27-28-13-15-29(16-14-28)30-17-19-31(20-18-30)34-25-26-35(37-8-2-1-7-36(34)37)32-21-23-33(24-22-32)42-45-43(38-9-3-5-11-40(38)49-45)48-44-39-10-4-6-12-41(39)50-46(42)44/h1-26H. The maximum atomic E-state index is 9.16. The Morgan fingerprint density at radius 1 is 0.400 bits per heavy atom. The van der Waals surface area contributed by atoms with Crippen LogP contribution in [-0.4, -0.2) is 4.98 Å². The van der Waals surface area contributed by atoms with Crippen LogP contribution in [-0.2, 0) is 0 Å². The number of para-hydroxylation sites is 2. The molecule has 0 bridgehead atoms. The summed E-state index contributed by atoms with van der Waals surface area (Å²) in [5.41, 5.74) is 14.2. The fraction of sp³-hybridized carbons (Fsp3) is 0. The third kappa shape index (κ3) is 4.35. The van der Waals surface area contributed by atoms with Gasteiger partial charge in [-0.05, 0) is 86.1 Å². The molecule has 50 heavy (non-hydrogen) atoms. The first-order valence-electron chi connectivity index (χ1n) is 16.6. The van der Waals surface area contributed by atoms with E-state index >= 15 is 0 Å². The van der Waals surface area contributed by atoms with E-state index in [0.29, 0.717) is 5.56 Å². The Morgan fingerprint density at radius 2 is 0.800 bits per heavy atom. The molecule has 0 saturated heterocycles. The van der Waals surface area contributed by atoms with Gasteiger partial charge in [-0.25, -0.2) is 4.98 Å². The molecule has 4 heteroatoms. The zero-order valence-electron chi connectivity index (χ0n) is 26.7. The highest BCUT2D eigenvalue weighted by Gasteiger charge is 2.22. The van der Waals surface area contributed by atoms with E-state index in [9.17, 15) is 0 Å². The van der Waals surface area contributed by atoms with Gasteiger partial charge >= 0.3 is 0 Å². The number of pyridine rings is 1. The molecule has 0 aliphatic heterocycles. The van der Waals surface area contributed by atoms with Gasteiger partial charge < -0.3 is 8.83 Å². The van der Waals surface area contributed by atoms with Crippen molar-refractivity contribution in [2.24, 2.45) is 0 Å². The van der Waals surface area contributed by atoms with Crippen LogP contribution in [0.15, 0.2) is 167 Å². The highest BCUT2D eigenvalue weighted by Crippen LogP contribution is 2.43. The molecule has 0 aliphatic carbocycles. The number of hydrogen-bond acceptors (Lipinski definition) is 4. The molecule has 0 radical (unpaired) electrons. The quantitative estimate of drug-likeness (QED) is 0.192. The Hall–Kier alpha value is -6.96. The van der Waals surface area contributed by atoms with Gasteiger partial charge in [-0.3, -0.25) is 0 Å². The average Bonchev–Trinajstić information content (AvgIpc) is 3.75. The van der Waals surface area contributed by atoms with Crippen LogP contribution in [0.3, 0.4) is 0 Å². The maximum absolute atomic E-state index is 9.16. The van der Waals surface area contributed by atoms with Crippen LogP contribution in [0.1, 0.15) is 5.56 Å². The molecule has 0 spiro atoms. The van der Waals surface area contributed by atoms with Crippen molar-refractivity contribution in [2.45, 2.75) is 0 Å². The smallest absolute Gasteiger partial charge is 0.165 e. The Kier molecular flexibility index (Phi) is 6.21. The number of furan rings is 2. The van der Waals surface area contributed by atoms with Crippen LogP contribution >= 0.6 is 0 Å². The molecule has 0 atom stereocenters. The molecule has 10 rings (SSSR count). The zero-order valence-corrected chi connectivity index (χ0v) is 26.7. The second-order valence-electron chi connectivity index (χ2n) is 12.6. The fourth-order valence-electron chi connectivity index (χ4n) is 7.30. The lowest BCUT2D eigenvalue weighted by atomic mass is 9.91. The zero-order chi connectivity index (χ0) is 33.2. The molecular weight excluding hydrogens is 613 g/mol. The van der Waals surface area contributed by atoms with Crippen molar-refractivity contribution in [3.63, 3.8) is 0 Å². The predicted octanol–water partition coefficient (Wildman–Crippen LogP) is 12.6. The van der Waals surface area contributed by atoms with E-state index in [4.69, 9.17) is 19.1 Å². The Bertz CT molecular complexity index is 2870. The molecule has 0 saturated carbocycles. The first-order chi connectivity index (χ1) is 24.7. The van der Waals surface area contributed by atoms with Gasteiger partial charge in [0.15, 0.2) is 11.2 Å². The summed E-state index contributed by atoms with van der Waals surface area (Å²) in [5.74, 6) is 0. The number of nitrogens with zero attached hydrogens (tertiary/aromatic N) is 2. The lowest BCUT2D eigenvalue weighted by Gasteiger charge is -2.13. The number of aromatic nitrogens is 1. The van der Waals surface area contributed by atoms with Crippen molar-refractivity contribution >= 4 is 54.9 Å². The summed E-state index contributed by atoms with van der Waals surface area (Å²) < 4.78 is 13.0. The largest absolute Gasteiger partial charge is 0.454 e. The Morgan fingerprint density at radius 3 is 1.28 bits per heavy atom. The fourth-order valence-corrected chi connectivity index (χ4v) is 7.30. The summed E-state index contributed by atoms with van der Waals surface area (Å²) >= 11 is 0. The van der Waals surface area contributed by atoms with E-state index in [0.717, 1.165) is 77.5 Å². The number of hydrogen-bond donors (Lipinski definition) is 0. The van der Waals surface area contributed by atoms with Gasteiger partial charge in [-0.15, -0.1) is 0 Å². The second kappa shape index (κ2) is 11.1. The summed E-state index contributed by atoms with van der Waals surface area (Å²) in [6.45, 7) is 0. The molecule has 3 aromatic heterocycles. The van der Waals surface area contributed by atoms with Crippen LogP contribution in [0.4, 0.5) is 0 Å². The van der Waals surface area contributed by atoms with E-state index < -0.39 is 0 Å². The third-order valence-corrected chi connectivity index (χ3v) is 9.77. The summed E-state index contributed by atoms with van der Waals surface area (Å²) in [6.07, 6.45) is 0. The molecule has 3 heterocycles. The van der Waals surface area contributed by atoms with E-state index in [1.165, 1.54) is 21.9 Å². The van der Waals surface area contributed by atoms with Crippen LogP contribution in [0.25, 0.3) is 99.4 Å². The molecule has 0 N–H and O–H groups in total. The summed E-state index contributed by atoms with van der Waals surface area (Å²) in [4.78, 5) is 5.10. The Balaban J connectivity index is 1.07. The normalized spacial score (nSPS) is 11.6. The molecule has 232 valence electrons. The molecule has 7 aromatic carbocycles. The highest BCUT2D eigenvalue weighted by molar-refractivity contribution is 6.18. The SMILES string of the molecule is N#Cc1ccc(-c2ccc(-c3ccc(-c4ccc(-c5c6oc7ccccc7c6nc6c5oc5ccccc56)cc4)c4ccccc34)cc2)cc1. The maximum Gasteiger partial charge on any atom is 0.165 e. The first-order valence-corrected chi connectivity index (χ1v) is 16.6. The van der Waals surface area contributed by atoms with Gasteiger partial charge in [0, 0.05) is 10.8 Å². The van der Waals surface area contributed by atoms with Crippen LogP contribution in [0, 0.1) is 11.3 Å². The minimum atomic E-state index is 0.663. The van der Waals surface area contributed by atoms with Gasteiger partial charge in [0.2, 0.25) is 0 Å². The van der Waals surface area contributed by atoms with E-state index in [1.807, 2.05) is 60.7 Å². The summed E-state index contributed by atoms with van der Waals surface area (Å²) in [7, 11) is 0. The second-order valence-corrected chi connectivity index (χ2v) is 12.6. The number of benzene rings is 7. The average molecular weight is 639 g/mol. The van der Waals surface area contributed by atoms with Crippen LogP contribution in [0.2, 0.25) is 0 Å². The molecular formula is C46H26N2O2. The van der Waals surface area contributed by atoms with E-state index in [2.05, 4.69) is 103 Å². The predicted molar refractivity (Wildman–Crippen MR) is 203 cm³/mol. The Labute approximate surface area is 287 Å². The number of nitriles is 1. The topological polar surface area (TPSA) is 63.0 Å². The van der Waals surface area contributed by atoms with E-state index in [1.54, 1.807) is 0 Å². The van der Waals surface area contributed by atoms with Crippen molar-refractivity contribution in [1.82, 2.24) is 4.98 Å². The minimum Gasteiger partial charge on any atom is -0.454 e. The molecule has 10 aromatic rings. The van der Waals surface area contributed by atoms with Crippen molar-refractivity contribution in [3.8, 4) is 50.6 Å². The van der Waals surface area contributed by atoms with Crippen molar-refractivity contribution in [3.05, 3.63) is 163 Å². The van der Waals surface area contributed by atoms with Gasteiger partial charge in [-0.1, -0.05) is 121 Å². The van der Waals surface area contributed by atoms with Crippen molar-refractivity contribution in [2.75, 3.05) is 0 Å². The number of rotatable bonds is 4. The van der Waals surface area contributed by atoms with Gasteiger partial charge in [0.05, 0.1) is 17.2 Å². The van der Waals surface area contributed by atoms with Crippen LogP contribution in [0.5, 0.6) is 0 Å². The minimum absolute atomic E-state index is 0.663. The third-order valence-electron chi connectivity index (χ3n) is 9.77. The molecule has 0 fully saturated rings. The highest BCUT2D eigenvalue weighted by atomic mass is 16.3. The summed E-state index contributed by atoms with van der Waals surface area (Å²) in [6, 6.07) is 56.4. The van der Waals surface area contributed by atoms with Crippen molar-refractivity contribution < 1.29 is 8.83 Å². The molecule has 0 aliphatic rings. The van der Waals surface area contributed by atoms with Gasteiger partial charge in [0.25, 0.3) is 0 Å². The van der Waals surface area contributed by atoms with E-state index in [-0.39, 0.29) is 0 Å². The molecule has 4 nitrogen and oxygen atoms in total. The van der Waals surface area contributed by atoms with Gasteiger partial charge in [0.1, 0.15) is 22.2 Å². The first kappa shape index (κ1) is 28.1. The summed E-state index contributed by atoms with van der Waals surface area (Å²) in [5, 5.41) is 13.5. The van der Waals surface area contributed by atoms with Gasteiger partial charge in [-0.2, -0.15) is 5.26 Å². The van der Waals surface area contributed by atoms with Crippen molar-refractivity contribution in [1.29, 1.82) is 5.26 Å². The number of fused-ring (bicyclic) bond motifs is 7. The molecule has 0 unspecified atom stereocenters. The van der Waals surface area contributed by atoms with Crippen LogP contribution < -0.4 is 0 Å². The monoisotopic (exact) mass is 638 g/mol. The molecule has 0 amide bonds.